The highest BCUT2D eigenvalue weighted by molar-refractivity contribution is 5.78. The second-order valence-electron chi connectivity index (χ2n) is 6.66. The van der Waals surface area contributed by atoms with Gasteiger partial charge in [-0.15, -0.1) is 0 Å². The molecule has 126 valence electrons. The van der Waals surface area contributed by atoms with E-state index in [1.807, 2.05) is 12.1 Å². The van der Waals surface area contributed by atoms with E-state index in [0.717, 1.165) is 31.6 Å². The molecule has 1 aromatic heterocycles. The van der Waals surface area contributed by atoms with Gasteiger partial charge in [0.25, 0.3) is 0 Å². The minimum atomic E-state index is 0.0928. The van der Waals surface area contributed by atoms with Crippen LogP contribution < -0.4 is 5.32 Å². The Kier molecular flexibility index (Phi) is 5.59. The van der Waals surface area contributed by atoms with E-state index < -0.39 is 0 Å². The van der Waals surface area contributed by atoms with E-state index in [1.54, 1.807) is 12.4 Å². The van der Waals surface area contributed by atoms with Gasteiger partial charge in [-0.1, -0.05) is 30.3 Å². The monoisotopic (exact) mass is 323 g/mol. The summed E-state index contributed by atoms with van der Waals surface area (Å²) >= 11 is 0. The highest BCUT2D eigenvalue weighted by atomic mass is 16.1. The third-order valence-electron chi connectivity index (χ3n) is 4.77. The summed E-state index contributed by atoms with van der Waals surface area (Å²) in [5.41, 5.74) is 2.36. The maximum atomic E-state index is 12.2. The molecule has 0 saturated carbocycles. The third-order valence-corrected chi connectivity index (χ3v) is 4.77. The molecular formula is C20H25N3O. The molecule has 3 rings (SSSR count). The van der Waals surface area contributed by atoms with Crippen molar-refractivity contribution in [2.45, 2.75) is 32.4 Å². The molecule has 2 aromatic rings. The van der Waals surface area contributed by atoms with Gasteiger partial charge in [-0.2, -0.15) is 0 Å². The first-order valence-corrected chi connectivity index (χ1v) is 8.65. The van der Waals surface area contributed by atoms with Gasteiger partial charge >= 0.3 is 0 Å². The fourth-order valence-corrected chi connectivity index (χ4v) is 3.36. The summed E-state index contributed by atoms with van der Waals surface area (Å²) in [6, 6.07) is 14.6. The Bertz CT molecular complexity index is 644. The summed E-state index contributed by atoms with van der Waals surface area (Å²) in [7, 11) is 0. The molecule has 4 heteroatoms. The van der Waals surface area contributed by atoms with Crippen LogP contribution in [-0.2, 0) is 17.8 Å². The Hall–Kier alpha value is -2.20. The number of carbonyl (C=O) groups excluding carboxylic acids is 1. The number of aromatic nitrogens is 1. The van der Waals surface area contributed by atoms with Crippen LogP contribution in [0, 0.1) is 5.92 Å². The van der Waals surface area contributed by atoms with Crippen LogP contribution >= 0.6 is 0 Å². The zero-order chi connectivity index (χ0) is 16.8. The van der Waals surface area contributed by atoms with Crippen molar-refractivity contribution in [1.29, 1.82) is 0 Å². The van der Waals surface area contributed by atoms with Gasteiger partial charge in [0, 0.05) is 31.5 Å². The maximum Gasteiger partial charge on any atom is 0.224 e. The Morgan fingerprint density at radius 3 is 2.71 bits per heavy atom. The first-order chi connectivity index (χ1) is 11.7. The first kappa shape index (κ1) is 16.7. The highest BCUT2D eigenvalue weighted by Crippen LogP contribution is 2.21. The number of hydrogen-bond donors (Lipinski definition) is 1. The fraction of sp³-hybridized carbons (Fsp3) is 0.400. The van der Waals surface area contributed by atoms with Gasteiger partial charge in [-0.3, -0.25) is 14.7 Å². The summed E-state index contributed by atoms with van der Waals surface area (Å²) < 4.78 is 0. The molecule has 1 aromatic carbocycles. The highest BCUT2D eigenvalue weighted by Gasteiger charge is 2.27. The number of carbonyl (C=O) groups is 1. The van der Waals surface area contributed by atoms with Gasteiger partial charge in [0.2, 0.25) is 5.91 Å². The molecule has 0 radical (unpaired) electrons. The predicted molar refractivity (Wildman–Crippen MR) is 95.4 cm³/mol. The van der Waals surface area contributed by atoms with Crippen molar-refractivity contribution < 1.29 is 4.79 Å². The molecule has 2 atom stereocenters. The van der Waals surface area contributed by atoms with Crippen LogP contribution in [0.3, 0.4) is 0 Å². The summed E-state index contributed by atoms with van der Waals surface area (Å²) in [6.07, 6.45) is 5.02. The van der Waals surface area contributed by atoms with Gasteiger partial charge in [0.1, 0.15) is 0 Å². The normalized spacial score (nSPS) is 19.1. The molecule has 1 aliphatic heterocycles. The zero-order valence-electron chi connectivity index (χ0n) is 14.2. The van der Waals surface area contributed by atoms with Gasteiger partial charge in [0.05, 0.1) is 6.42 Å². The van der Waals surface area contributed by atoms with Crippen molar-refractivity contribution in [3.63, 3.8) is 0 Å². The molecule has 0 spiro atoms. The van der Waals surface area contributed by atoms with Crippen LogP contribution in [0.1, 0.15) is 24.5 Å². The maximum absolute atomic E-state index is 12.2. The lowest BCUT2D eigenvalue weighted by Crippen LogP contribution is -2.40. The standard InChI is InChI=1S/C20H25N3O/c1-16(22-20(24)13-17-7-10-21-11-8-17)19-9-12-23(15-19)14-18-5-3-2-4-6-18/h2-8,10-11,16,19H,9,12-15H2,1H3,(H,22,24)/t16-,19+/m1/s1. The van der Waals surface area contributed by atoms with E-state index in [2.05, 4.69) is 52.5 Å². The SMILES string of the molecule is C[C@@H](NC(=O)Cc1ccncc1)[C@H]1CCN(Cc2ccccc2)C1. The zero-order valence-corrected chi connectivity index (χ0v) is 14.2. The molecule has 1 amide bonds. The molecule has 0 unspecified atom stereocenters. The lowest BCUT2D eigenvalue weighted by atomic mass is 10.0. The second-order valence-corrected chi connectivity index (χ2v) is 6.66. The van der Waals surface area contributed by atoms with Crippen molar-refractivity contribution in [3.8, 4) is 0 Å². The van der Waals surface area contributed by atoms with E-state index in [4.69, 9.17) is 0 Å². The molecule has 2 heterocycles. The predicted octanol–water partition coefficient (Wildman–Crippen LogP) is 2.65. The van der Waals surface area contributed by atoms with E-state index in [-0.39, 0.29) is 11.9 Å². The second kappa shape index (κ2) is 8.06. The fourth-order valence-electron chi connectivity index (χ4n) is 3.36. The van der Waals surface area contributed by atoms with Gasteiger partial charge in [-0.25, -0.2) is 0 Å². The number of amides is 1. The molecule has 0 bridgehead atoms. The Balaban J connectivity index is 1.46. The molecule has 4 nitrogen and oxygen atoms in total. The largest absolute Gasteiger partial charge is 0.353 e. The minimum absolute atomic E-state index is 0.0928. The van der Waals surface area contributed by atoms with Crippen LogP contribution in [0.15, 0.2) is 54.9 Å². The molecule has 1 saturated heterocycles. The van der Waals surface area contributed by atoms with Gasteiger partial charge in [0.15, 0.2) is 0 Å². The topological polar surface area (TPSA) is 45.2 Å². The molecule has 1 aliphatic rings. The number of nitrogens with zero attached hydrogens (tertiary/aromatic N) is 2. The molecule has 0 aliphatic carbocycles. The van der Waals surface area contributed by atoms with E-state index in [0.29, 0.717) is 12.3 Å². The third kappa shape index (κ3) is 4.65. The number of pyridine rings is 1. The number of nitrogens with one attached hydrogen (secondary N) is 1. The van der Waals surface area contributed by atoms with Crippen LogP contribution in [0.2, 0.25) is 0 Å². The van der Waals surface area contributed by atoms with Crippen LogP contribution in [0.25, 0.3) is 0 Å². The number of rotatable bonds is 6. The van der Waals surface area contributed by atoms with Gasteiger partial charge in [-0.05, 0) is 49.1 Å². The summed E-state index contributed by atoms with van der Waals surface area (Å²) in [4.78, 5) is 18.7. The molecular weight excluding hydrogens is 298 g/mol. The van der Waals surface area contributed by atoms with E-state index in [9.17, 15) is 4.79 Å². The molecule has 1 fully saturated rings. The van der Waals surface area contributed by atoms with Crippen molar-refractivity contribution in [3.05, 3.63) is 66.0 Å². The van der Waals surface area contributed by atoms with Crippen LogP contribution in [0.5, 0.6) is 0 Å². The quantitative estimate of drug-likeness (QED) is 0.889. The molecule has 24 heavy (non-hydrogen) atoms. The van der Waals surface area contributed by atoms with Crippen LogP contribution in [0.4, 0.5) is 0 Å². The average Bonchev–Trinajstić information content (AvgIpc) is 3.05. The minimum Gasteiger partial charge on any atom is -0.353 e. The average molecular weight is 323 g/mol. The lowest BCUT2D eigenvalue weighted by molar-refractivity contribution is -0.121. The first-order valence-electron chi connectivity index (χ1n) is 8.65. The Morgan fingerprint density at radius 1 is 1.21 bits per heavy atom. The van der Waals surface area contributed by atoms with Crippen molar-refractivity contribution >= 4 is 5.91 Å². The Morgan fingerprint density at radius 2 is 1.96 bits per heavy atom. The summed E-state index contributed by atoms with van der Waals surface area (Å²) in [5, 5.41) is 3.17. The van der Waals surface area contributed by atoms with E-state index in [1.165, 1.54) is 5.56 Å². The van der Waals surface area contributed by atoms with Crippen molar-refractivity contribution in [1.82, 2.24) is 15.2 Å². The lowest BCUT2D eigenvalue weighted by Gasteiger charge is -2.22. The molecule has 1 N–H and O–H groups in total. The summed E-state index contributed by atoms with van der Waals surface area (Å²) in [5.74, 6) is 0.616. The van der Waals surface area contributed by atoms with Crippen molar-refractivity contribution in [2.75, 3.05) is 13.1 Å². The van der Waals surface area contributed by atoms with Gasteiger partial charge < -0.3 is 5.32 Å². The van der Waals surface area contributed by atoms with Crippen molar-refractivity contribution in [2.24, 2.45) is 5.92 Å². The number of benzene rings is 1. The van der Waals surface area contributed by atoms with Crippen LogP contribution in [-0.4, -0.2) is 34.9 Å². The number of likely N-dealkylation sites (tertiary alicyclic amines) is 1. The smallest absolute Gasteiger partial charge is 0.224 e. The van der Waals surface area contributed by atoms with E-state index >= 15 is 0 Å². The summed E-state index contributed by atoms with van der Waals surface area (Å²) in [6.45, 7) is 5.27. The number of hydrogen-bond acceptors (Lipinski definition) is 3. The Labute approximate surface area is 143 Å².